The van der Waals surface area contributed by atoms with Crippen molar-refractivity contribution in [1.29, 1.82) is 0 Å². The molecule has 1 amide bonds. The molecule has 166 valence electrons. The summed E-state index contributed by atoms with van der Waals surface area (Å²) in [6.45, 7) is 1.78. The van der Waals surface area contributed by atoms with Crippen LogP contribution in [-0.2, 0) is 33.8 Å². The number of carboxylic acid groups (broad SMARTS) is 2. The molecule has 5 N–H and O–H groups in total. The first-order valence-electron chi connectivity index (χ1n) is 9.99. The number of carbonyl (C=O) groups is 3. The Kier molecular flexibility index (Phi) is 8.30. The minimum absolute atomic E-state index is 0. The maximum absolute atomic E-state index is 13.1. The summed E-state index contributed by atoms with van der Waals surface area (Å²) < 4.78 is 0. The normalized spacial score (nSPS) is 17.1. The molecule has 8 nitrogen and oxygen atoms in total. The molecule has 1 aliphatic rings. The lowest BCUT2D eigenvalue weighted by atomic mass is 9.93. The van der Waals surface area contributed by atoms with Crippen molar-refractivity contribution in [3.05, 3.63) is 71.3 Å². The summed E-state index contributed by atoms with van der Waals surface area (Å²) in [5.74, 6) is -2.52. The Labute approximate surface area is 180 Å². The van der Waals surface area contributed by atoms with Crippen LogP contribution in [0.4, 0.5) is 0 Å². The van der Waals surface area contributed by atoms with E-state index in [1.165, 1.54) is 4.90 Å². The van der Waals surface area contributed by atoms with Gasteiger partial charge in [0, 0.05) is 13.0 Å². The molecule has 31 heavy (non-hydrogen) atoms. The number of nitrogens with one attached hydrogen (secondary N) is 1. The van der Waals surface area contributed by atoms with Crippen LogP contribution in [0.1, 0.15) is 30.0 Å². The highest BCUT2D eigenvalue weighted by molar-refractivity contribution is 5.88. The molecule has 0 aliphatic carbocycles. The summed E-state index contributed by atoms with van der Waals surface area (Å²) in [5.41, 5.74) is 2.85. The van der Waals surface area contributed by atoms with Crippen LogP contribution in [0, 0.1) is 0 Å². The van der Waals surface area contributed by atoms with Crippen molar-refractivity contribution < 1.29 is 30.1 Å². The van der Waals surface area contributed by atoms with E-state index in [2.05, 4.69) is 5.32 Å². The van der Waals surface area contributed by atoms with Crippen LogP contribution < -0.4 is 5.32 Å². The lowest BCUT2D eigenvalue weighted by molar-refractivity contribution is -0.152. The number of rotatable bonds is 8. The van der Waals surface area contributed by atoms with Crippen molar-refractivity contribution in [2.45, 2.75) is 50.9 Å². The van der Waals surface area contributed by atoms with Gasteiger partial charge in [-0.1, -0.05) is 54.6 Å². The van der Waals surface area contributed by atoms with Crippen LogP contribution in [-0.4, -0.2) is 56.6 Å². The minimum atomic E-state index is -1.07. The first kappa shape index (κ1) is 24.0. The smallest absolute Gasteiger partial charge is 0.326 e. The van der Waals surface area contributed by atoms with Crippen molar-refractivity contribution in [2.24, 2.45) is 0 Å². The predicted octanol–water partition coefficient (Wildman–Crippen LogP) is 1.26. The molecule has 0 spiro atoms. The molecule has 0 aromatic heterocycles. The van der Waals surface area contributed by atoms with E-state index >= 15 is 0 Å². The molecular weight excluding hydrogens is 400 g/mol. The molecule has 3 unspecified atom stereocenters. The third kappa shape index (κ3) is 5.90. The Hall–Kier alpha value is -3.23. The lowest BCUT2D eigenvalue weighted by Gasteiger charge is -2.36. The highest BCUT2D eigenvalue weighted by Crippen LogP contribution is 2.24. The Balaban J connectivity index is 0.00000341. The Bertz CT molecular complexity index is 917. The van der Waals surface area contributed by atoms with Gasteiger partial charge in [-0.2, -0.15) is 0 Å². The zero-order chi connectivity index (χ0) is 21.7. The lowest BCUT2D eigenvalue weighted by Crippen LogP contribution is -2.56. The Morgan fingerprint density at radius 3 is 2.26 bits per heavy atom. The Morgan fingerprint density at radius 1 is 1.03 bits per heavy atom. The van der Waals surface area contributed by atoms with Gasteiger partial charge >= 0.3 is 11.9 Å². The monoisotopic (exact) mass is 428 g/mol. The number of hydrogen-bond donors (Lipinski definition) is 3. The maximum atomic E-state index is 13.1. The first-order valence-corrected chi connectivity index (χ1v) is 9.99. The van der Waals surface area contributed by atoms with Crippen LogP contribution in [0.5, 0.6) is 0 Å². The molecule has 0 radical (unpaired) electrons. The maximum Gasteiger partial charge on any atom is 0.326 e. The molecule has 3 rings (SSSR count). The minimum Gasteiger partial charge on any atom is -0.480 e. The fourth-order valence-electron chi connectivity index (χ4n) is 3.83. The van der Waals surface area contributed by atoms with Gasteiger partial charge in [0.15, 0.2) is 0 Å². The first-order chi connectivity index (χ1) is 14.4. The number of aliphatic carboxylic acids is 2. The predicted molar refractivity (Wildman–Crippen MR) is 115 cm³/mol. The number of aryl methyl sites for hydroxylation is 1. The fourth-order valence-corrected chi connectivity index (χ4v) is 3.83. The van der Waals surface area contributed by atoms with Crippen LogP contribution in [0.2, 0.25) is 0 Å². The molecule has 0 bridgehead atoms. The number of carbonyl (C=O) groups excluding carboxylic acids is 1. The van der Waals surface area contributed by atoms with E-state index in [1.807, 2.05) is 54.6 Å². The van der Waals surface area contributed by atoms with Gasteiger partial charge < -0.3 is 20.6 Å². The van der Waals surface area contributed by atoms with Crippen molar-refractivity contribution >= 4 is 17.8 Å². The highest BCUT2D eigenvalue weighted by atomic mass is 16.4. The number of nitrogens with zero attached hydrogens (tertiary/aromatic N) is 1. The van der Waals surface area contributed by atoms with Crippen LogP contribution in [0.3, 0.4) is 0 Å². The zero-order valence-corrected chi connectivity index (χ0v) is 17.3. The van der Waals surface area contributed by atoms with E-state index in [1.54, 1.807) is 6.92 Å². The van der Waals surface area contributed by atoms with Crippen LogP contribution >= 0.6 is 0 Å². The van der Waals surface area contributed by atoms with E-state index in [9.17, 15) is 24.6 Å². The van der Waals surface area contributed by atoms with E-state index in [4.69, 9.17) is 0 Å². The molecule has 2 aromatic carbocycles. The standard InChI is InChI=1S/C23H26N2O5.H2O/c1-15(24-19(22(27)28)12-11-16-7-3-2-4-8-16)21(26)25-14-18-10-6-5-9-17(18)13-20(25)23(29)30;/h2-10,15,19-20,24H,11-14H2,1H3,(H,27,28)(H,29,30);1H2. The summed E-state index contributed by atoms with van der Waals surface area (Å²) in [6, 6.07) is 14.3. The second-order valence-corrected chi connectivity index (χ2v) is 7.60. The number of amides is 1. The molecule has 8 heteroatoms. The number of carboxylic acids is 2. The third-order valence-electron chi connectivity index (χ3n) is 5.50. The molecule has 1 heterocycles. The number of hydrogen-bond acceptors (Lipinski definition) is 4. The topological polar surface area (TPSA) is 138 Å². The molecule has 0 fully saturated rings. The Morgan fingerprint density at radius 2 is 1.65 bits per heavy atom. The number of fused-ring (bicyclic) bond motifs is 1. The average molecular weight is 428 g/mol. The van der Waals surface area contributed by atoms with Crippen molar-refractivity contribution in [3.63, 3.8) is 0 Å². The van der Waals surface area contributed by atoms with Gasteiger partial charge in [-0.05, 0) is 36.5 Å². The van der Waals surface area contributed by atoms with E-state index in [-0.39, 0.29) is 18.4 Å². The van der Waals surface area contributed by atoms with E-state index in [0.29, 0.717) is 12.8 Å². The van der Waals surface area contributed by atoms with Crippen molar-refractivity contribution in [1.82, 2.24) is 10.2 Å². The molecule has 0 saturated heterocycles. The van der Waals surface area contributed by atoms with Gasteiger partial charge in [-0.15, -0.1) is 0 Å². The summed E-state index contributed by atoms with van der Waals surface area (Å²) >= 11 is 0. The van der Waals surface area contributed by atoms with Gasteiger partial charge in [0.25, 0.3) is 0 Å². The van der Waals surface area contributed by atoms with Crippen molar-refractivity contribution in [3.8, 4) is 0 Å². The molecular formula is C23H28N2O6. The van der Waals surface area contributed by atoms with Gasteiger partial charge in [-0.3, -0.25) is 14.9 Å². The number of benzene rings is 2. The summed E-state index contributed by atoms with van der Waals surface area (Å²) in [7, 11) is 0. The summed E-state index contributed by atoms with van der Waals surface area (Å²) in [4.78, 5) is 37.9. The summed E-state index contributed by atoms with van der Waals surface area (Å²) in [6.07, 6.45) is 1.11. The van der Waals surface area contributed by atoms with Gasteiger partial charge in [-0.25, -0.2) is 4.79 Å². The SMILES string of the molecule is CC(NC(CCc1ccccc1)C(=O)O)C(=O)N1Cc2ccccc2CC1C(=O)O.O. The summed E-state index contributed by atoms with van der Waals surface area (Å²) in [5, 5.41) is 22.1. The third-order valence-corrected chi connectivity index (χ3v) is 5.50. The van der Waals surface area contributed by atoms with Crippen LogP contribution in [0.25, 0.3) is 0 Å². The zero-order valence-electron chi connectivity index (χ0n) is 17.3. The highest BCUT2D eigenvalue weighted by Gasteiger charge is 2.37. The van der Waals surface area contributed by atoms with Crippen molar-refractivity contribution in [2.75, 3.05) is 0 Å². The fraction of sp³-hybridized carbons (Fsp3) is 0.348. The molecule has 3 atom stereocenters. The van der Waals surface area contributed by atoms with Gasteiger partial charge in [0.05, 0.1) is 6.04 Å². The van der Waals surface area contributed by atoms with E-state index < -0.39 is 36.0 Å². The molecule has 1 aliphatic heterocycles. The largest absolute Gasteiger partial charge is 0.480 e. The molecule has 2 aromatic rings. The second-order valence-electron chi connectivity index (χ2n) is 7.60. The van der Waals surface area contributed by atoms with Gasteiger partial charge in [0.1, 0.15) is 12.1 Å². The average Bonchev–Trinajstić information content (AvgIpc) is 2.75. The quantitative estimate of drug-likeness (QED) is 0.579. The van der Waals surface area contributed by atoms with Gasteiger partial charge in [0.2, 0.25) is 5.91 Å². The van der Waals surface area contributed by atoms with Crippen LogP contribution in [0.15, 0.2) is 54.6 Å². The van der Waals surface area contributed by atoms with E-state index in [0.717, 1.165) is 16.7 Å². The second kappa shape index (κ2) is 10.7. The molecule has 0 saturated carbocycles.